The number of rotatable bonds is 1. The van der Waals surface area contributed by atoms with Gasteiger partial charge in [-0.15, -0.1) is 5.10 Å². The summed E-state index contributed by atoms with van der Waals surface area (Å²) < 4.78 is 1.28. The van der Waals surface area contributed by atoms with Crippen LogP contribution in [0.1, 0.15) is 22.6 Å². The van der Waals surface area contributed by atoms with Crippen molar-refractivity contribution in [3.8, 4) is 0 Å². The zero-order valence-electron chi connectivity index (χ0n) is 9.73. The Bertz CT molecular complexity index is 642. The molecule has 0 radical (unpaired) electrons. The maximum Gasteiger partial charge on any atom is 0.279 e. The van der Waals surface area contributed by atoms with E-state index in [2.05, 4.69) is 52.3 Å². The molecular formula is C11H9Br2N5O. The number of fused-ring (bicyclic) bond motifs is 1. The second-order valence-corrected chi connectivity index (χ2v) is 5.79. The first kappa shape index (κ1) is 12.7. The topological polar surface area (TPSA) is 74.8 Å². The van der Waals surface area contributed by atoms with E-state index in [4.69, 9.17) is 0 Å². The van der Waals surface area contributed by atoms with Crippen LogP contribution in [0.15, 0.2) is 21.2 Å². The second-order valence-electron chi connectivity index (χ2n) is 4.12. The molecular weight excluding hydrogens is 378 g/mol. The van der Waals surface area contributed by atoms with Crippen molar-refractivity contribution in [3.05, 3.63) is 32.6 Å². The average Bonchev–Trinajstić information content (AvgIpc) is 2.89. The van der Waals surface area contributed by atoms with Crippen LogP contribution in [-0.2, 0) is 6.42 Å². The highest BCUT2D eigenvalue weighted by Crippen LogP contribution is 2.26. The molecule has 0 saturated carbocycles. The normalized spacial score (nSPS) is 14.3. The Balaban J connectivity index is 2.00. The number of hydrogen-bond donors (Lipinski definition) is 1. The van der Waals surface area contributed by atoms with Crippen molar-refractivity contribution in [1.29, 1.82) is 0 Å². The number of H-pyrrole nitrogens is 1. The number of aromatic nitrogens is 4. The molecule has 0 bridgehead atoms. The van der Waals surface area contributed by atoms with Crippen molar-refractivity contribution in [3.63, 3.8) is 0 Å². The van der Waals surface area contributed by atoms with E-state index < -0.39 is 0 Å². The van der Waals surface area contributed by atoms with Crippen molar-refractivity contribution in [2.24, 2.45) is 0 Å². The first-order valence-electron chi connectivity index (χ1n) is 5.70. The fraction of sp³-hybridized carbons (Fsp3) is 0.273. The van der Waals surface area contributed by atoms with E-state index in [1.54, 1.807) is 17.0 Å². The van der Waals surface area contributed by atoms with Gasteiger partial charge in [-0.05, 0) is 56.8 Å². The summed E-state index contributed by atoms with van der Waals surface area (Å²) >= 11 is 6.63. The second kappa shape index (κ2) is 5.01. The van der Waals surface area contributed by atoms with Crippen LogP contribution in [0.3, 0.4) is 0 Å². The van der Waals surface area contributed by atoms with Crippen molar-refractivity contribution < 1.29 is 4.79 Å². The molecule has 1 amide bonds. The standard InChI is InChI=1S/C11H9Br2N5O/c12-6-3-4-8(13)14-9(6)11(19)18-5-1-2-7-10(18)16-17-15-7/h3-4H,1-2,5H2,(H,15,16,17). The van der Waals surface area contributed by atoms with Gasteiger partial charge in [-0.1, -0.05) is 0 Å². The van der Waals surface area contributed by atoms with E-state index in [9.17, 15) is 4.79 Å². The molecule has 3 rings (SSSR count). The van der Waals surface area contributed by atoms with Gasteiger partial charge in [0, 0.05) is 11.0 Å². The summed E-state index contributed by atoms with van der Waals surface area (Å²) in [6, 6.07) is 3.57. The number of carbonyl (C=O) groups is 1. The number of nitrogens with zero attached hydrogens (tertiary/aromatic N) is 4. The summed E-state index contributed by atoms with van der Waals surface area (Å²) in [5.41, 5.74) is 1.19. The predicted octanol–water partition coefficient (Wildman–Crippen LogP) is 2.32. The molecule has 1 aliphatic rings. The van der Waals surface area contributed by atoms with Crippen molar-refractivity contribution in [2.45, 2.75) is 12.8 Å². The van der Waals surface area contributed by atoms with Crippen molar-refractivity contribution in [1.82, 2.24) is 20.4 Å². The third-order valence-corrected chi connectivity index (χ3v) is 3.99. The summed E-state index contributed by atoms with van der Waals surface area (Å²) in [5, 5.41) is 10.7. The highest BCUT2D eigenvalue weighted by molar-refractivity contribution is 9.11. The van der Waals surface area contributed by atoms with Crippen LogP contribution in [0.5, 0.6) is 0 Å². The van der Waals surface area contributed by atoms with Crippen LogP contribution in [0, 0.1) is 0 Å². The minimum Gasteiger partial charge on any atom is -0.288 e. The Labute approximate surface area is 125 Å². The monoisotopic (exact) mass is 385 g/mol. The number of halogens is 2. The first-order valence-corrected chi connectivity index (χ1v) is 7.29. The molecule has 2 aromatic rings. The number of aromatic amines is 1. The lowest BCUT2D eigenvalue weighted by atomic mass is 10.1. The molecule has 0 atom stereocenters. The summed E-state index contributed by atoms with van der Waals surface area (Å²) in [5.74, 6) is 0.424. The number of nitrogens with one attached hydrogen (secondary N) is 1. The van der Waals surface area contributed by atoms with E-state index in [1.165, 1.54) is 0 Å². The predicted molar refractivity (Wildman–Crippen MR) is 76.0 cm³/mol. The van der Waals surface area contributed by atoms with Gasteiger partial charge < -0.3 is 0 Å². The van der Waals surface area contributed by atoms with Crippen LogP contribution in [0.25, 0.3) is 0 Å². The molecule has 98 valence electrons. The Kier molecular flexibility index (Phi) is 3.36. The average molecular weight is 387 g/mol. The third-order valence-electron chi connectivity index (χ3n) is 2.91. The van der Waals surface area contributed by atoms with Gasteiger partial charge in [-0.25, -0.2) is 4.98 Å². The van der Waals surface area contributed by atoms with Crippen LogP contribution >= 0.6 is 31.9 Å². The summed E-state index contributed by atoms with van der Waals surface area (Å²) in [4.78, 5) is 18.4. The summed E-state index contributed by atoms with van der Waals surface area (Å²) in [6.07, 6.45) is 1.71. The van der Waals surface area contributed by atoms with Crippen LogP contribution in [0.2, 0.25) is 0 Å². The van der Waals surface area contributed by atoms with Crippen LogP contribution in [-0.4, -0.2) is 32.8 Å². The molecule has 1 N–H and O–H groups in total. The van der Waals surface area contributed by atoms with E-state index in [-0.39, 0.29) is 5.91 Å². The van der Waals surface area contributed by atoms with E-state index in [1.807, 2.05) is 0 Å². The molecule has 19 heavy (non-hydrogen) atoms. The highest BCUT2D eigenvalue weighted by Gasteiger charge is 2.28. The Morgan fingerprint density at radius 1 is 1.32 bits per heavy atom. The molecule has 3 heterocycles. The molecule has 1 aliphatic heterocycles. The maximum atomic E-state index is 12.6. The van der Waals surface area contributed by atoms with Gasteiger partial charge in [-0.3, -0.25) is 9.69 Å². The molecule has 0 spiro atoms. The number of anilines is 1. The number of hydrogen-bond acceptors (Lipinski definition) is 4. The lowest BCUT2D eigenvalue weighted by Gasteiger charge is -2.24. The zero-order valence-corrected chi connectivity index (χ0v) is 12.9. The molecule has 0 aromatic carbocycles. The lowest BCUT2D eigenvalue weighted by Crippen LogP contribution is -2.36. The van der Waals surface area contributed by atoms with Crippen molar-refractivity contribution in [2.75, 3.05) is 11.4 Å². The third kappa shape index (κ3) is 2.30. The molecule has 2 aromatic heterocycles. The molecule has 6 nitrogen and oxygen atoms in total. The summed E-state index contributed by atoms with van der Waals surface area (Å²) in [6.45, 7) is 0.624. The van der Waals surface area contributed by atoms with Gasteiger partial charge in [0.25, 0.3) is 5.91 Å². The van der Waals surface area contributed by atoms with Crippen LogP contribution in [0.4, 0.5) is 5.82 Å². The van der Waals surface area contributed by atoms with Gasteiger partial charge in [0.1, 0.15) is 16.0 Å². The largest absolute Gasteiger partial charge is 0.288 e. The fourth-order valence-electron chi connectivity index (χ4n) is 2.04. The number of aryl methyl sites for hydroxylation is 1. The first-order chi connectivity index (χ1) is 9.16. The molecule has 0 aliphatic carbocycles. The Morgan fingerprint density at radius 3 is 3.00 bits per heavy atom. The lowest BCUT2D eigenvalue weighted by molar-refractivity contribution is 0.0978. The molecule has 0 saturated heterocycles. The minimum atomic E-state index is -0.178. The number of carbonyl (C=O) groups excluding carboxylic acids is 1. The van der Waals surface area contributed by atoms with E-state index in [0.29, 0.717) is 27.1 Å². The smallest absolute Gasteiger partial charge is 0.279 e. The SMILES string of the molecule is O=C(c1nc(Br)ccc1Br)N1CCCc2n[nH]nc21. The highest BCUT2D eigenvalue weighted by atomic mass is 79.9. The summed E-state index contributed by atoms with van der Waals surface area (Å²) in [7, 11) is 0. The van der Waals surface area contributed by atoms with E-state index in [0.717, 1.165) is 18.5 Å². The molecule has 8 heteroatoms. The quantitative estimate of drug-likeness (QED) is 0.763. The maximum absolute atomic E-state index is 12.6. The van der Waals surface area contributed by atoms with Crippen molar-refractivity contribution >= 4 is 43.6 Å². The number of pyridine rings is 1. The zero-order chi connectivity index (χ0) is 13.4. The van der Waals surface area contributed by atoms with Crippen LogP contribution < -0.4 is 4.90 Å². The minimum absolute atomic E-state index is 0.178. The van der Waals surface area contributed by atoms with Gasteiger partial charge in [0.15, 0.2) is 5.82 Å². The number of amides is 1. The molecule has 0 unspecified atom stereocenters. The van der Waals surface area contributed by atoms with Gasteiger partial charge in [0.05, 0.1) is 0 Å². The van der Waals surface area contributed by atoms with Gasteiger partial charge in [0.2, 0.25) is 0 Å². The Hall–Kier alpha value is -1.28. The fourth-order valence-corrected chi connectivity index (χ4v) is 2.74. The Morgan fingerprint density at radius 2 is 2.16 bits per heavy atom. The molecule has 0 fully saturated rings. The van der Waals surface area contributed by atoms with E-state index >= 15 is 0 Å². The van der Waals surface area contributed by atoms with Gasteiger partial charge >= 0.3 is 0 Å². The van der Waals surface area contributed by atoms with Gasteiger partial charge in [-0.2, -0.15) is 10.3 Å².